The average molecular weight is 804 g/mol. The van der Waals surface area contributed by atoms with Crippen molar-refractivity contribution in [2.75, 3.05) is 27.3 Å². The number of alkyl carbamates (subject to hydrolysis) is 2. The number of nitrogens with zero attached hydrogens (tertiary/aromatic N) is 5. The van der Waals surface area contributed by atoms with Crippen LogP contribution in [0, 0.1) is 11.8 Å². The molecular formula is C44H53N9O6. The SMILES string of the molecule is COC(=O)N[C@H](C(=O)N1CCC[C@H]1c1ncc(-c2ccc3c(c2)Cc2c-3n(C)c3ccc(-c4cnc([C@@H]5CCCN5C(=O)[C@@H](NC(=O)OC)C(C)C)[nH]4)cc23)[nH]1)C(C)C. The number of likely N-dealkylation sites (tertiary alicyclic amines) is 2. The zero-order valence-electron chi connectivity index (χ0n) is 34.7. The van der Waals surface area contributed by atoms with E-state index in [1.807, 2.05) is 49.9 Å². The molecule has 310 valence electrons. The number of hydrogen-bond donors (Lipinski definition) is 4. The van der Waals surface area contributed by atoms with Crippen molar-refractivity contribution < 1.29 is 28.7 Å². The first-order valence-electron chi connectivity index (χ1n) is 20.5. The molecule has 4 N–H and O–H groups in total. The molecule has 5 heterocycles. The summed E-state index contributed by atoms with van der Waals surface area (Å²) in [5.41, 5.74) is 9.84. The highest BCUT2D eigenvalue weighted by atomic mass is 16.5. The zero-order valence-corrected chi connectivity index (χ0v) is 34.7. The highest BCUT2D eigenvalue weighted by molar-refractivity contribution is 5.98. The van der Waals surface area contributed by atoms with Gasteiger partial charge in [0.05, 0.1) is 55.8 Å². The Hall–Kier alpha value is -6.12. The second-order valence-corrected chi connectivity index (χ2v) is 16.6. The number of fused-ring (bicyclic) bond motifs is 5. The van der Waals surface area contributed by atoms with Crippen LogP contribution in [-0.2, 0) is 32.5 Å². The van der Waals surface area contributed by atoms with E-state index in [2.05, 4.69) is 68.6 Å². The van der Waals surface area contributed by atoms with E-state index in [-0.39, 0.29) is 35.7 Å². The molecule has 0 unspecified atom stereocenters. The van der Waals surface area contributed by atoms with Gasteiger partial charge in [-0.15, -0.1) is 0 Å². The first-order chi connectivity index (χ1) is 28.4. The molecular weight excluding hydrogens is 751 g/mol. The normalized spacial score (nSPS) is 18.3. The quantitative estimate of drug-likeness (QED) is 0.119. The lowest BCUT2D eigenvalue weighted by Gasteiger charge is -2.30. The van der Waals surface area contributed by atoms with Crippen LogP contribution in [0.5, 0.6) is 0 Å². The van der Waals surface area contributed by atoms with Crippen molar-refractivity contribution in [2.45, 2.75) is 84.0 Å². The van der Waals surface area contributed by atoms with Crippen LogP contribution >= 0.6 is 0 Å². The van der Waals surface area contributed by atoms with Crippen LogP contribution < -0.4 is 10.6 Å². The number of H-pyrrole nitrogens is 2. The van der Waals surface area contributed by atoms with Gasteiger partial charge < -0.3 is 44.4 Å². The number of methoxy groups -OCH3 is 2. The Morgan fingerprint density at radius 2 is 1.25 bits per heavy atom. The number of hydrogen-bond acceptors (Lipinski definition) is 8. The number of amides is 4. The summed E-state index contributed by atoms with van der Waals surface area (Å²) in [6, 6.07) is 11.2. The fraction of sp³-hybridized carbons (Fsp3) is 0.455. The third-order valence-electron chi connectivity index (χ3n) is 12.3. The molecule has 0 spiro atoms. The summed E-state index contributed by atoms with van der Waals surface area (Å²) in [5, 5.41) is 6.61. The molecule has 5 aromatic rings. The van der Waals surface area contributed by atoms with Gasteiger partial charge in [0.15, 0.2) is 0 Å². The Morgan fingerprint density at radius 3 is 1.76 bits per heavy atom. The molecule has 2 fully saturated rings. The molecule has 3 aromatic heterocycles. The monoisotopic (exact) mass is 803 g/mol. The molecule has 4 amide bonds. The minimum atomic E-state index is -0.695. The minimum Gasteiger partial charge on any atom is -0.453 e. The summed E-state index contributed by atoms with van der Waals surface area (Å²) >= 11 is 0. The van der Waals surface area contributed by atoms with Crippen LogP contribution in [-0.4, -0.2) is 97.7 Å². The number of carbonyl (C=O) groups is 4. The average Bonchev–Trinajstić information content (AvgIpc) is 4.09. The molecule has 2 aromatic carbocycles. The predicted molar refractivity (Wildman–Crippen MR) is 222 cm³/mol. The molecule has 2 aliphatic heterocycles. The molecule has 4 atom stereocenters. The summed E-state index contributed by atoms with van der Waals surface area (Å²) in [7, 11) is 4.71. The van der Waals surface area contributed by atoms with E-state index in [0.717, 1.165) is 71.8 Å². The largest absolute Gasteiger partial charge is 0.453 e. The van der Waals surface area contributed by atoms with Crippen molar-refractivity contribution in [1.82, 2.24) is 44.9 Å². The maximum atomic E-state index is 13.7. The van der Waals surface area contributed by atoms with E-state index in [9.17, 15) is 19.2 Å². The van der Waals surface area contributed by atoms with E-state index in [1.165, 1.54) is 42.0 Å². The summed E-state index contributed by atoms with van der Waals surface area (Å²) in [5.74, 6) is 0.971. The molecule has 3 aliphatic rings. The van der Waals surface area contributed by atoms with Gasteiger partial charge >= 0.3 is 12.2 Å². The highest BCUT2D eigenvalue weighted by Gasteiger charge is 2.39. The van der Waals surface area contributed by atoms with Gasteiger partial charge in [-0.2, -0.15) is 0 Å². The maximum Gasteiger partial charge on any atom is 0.407 e. The van der Waals surface area contributed by atoms with E-state index in [1.54, 1.807) is 0 Å². The van der Waals surface area contributed by atoms with E-state index < -0.39 is 24.3 Å². The number of aromatic amines is 2. The van der Waals surface area contributed by atoms with Crippen molar-refractivity contribution >= 4 is 34.9 Å². The number of imidazole rings is 2. The fourth-order valence-corrected chi connectivity index (χ4v) is 9.23. The summed E-state index contributed by atoms with van der Waals surface area (Å²) in [6.07, 6.45) is 6.47. The number of ether oxygens (including phenoxy) is 2. The van der Waals surface area contributed by atoms with Crippen molar-refractivity contribution in [1.29, 1.82) is 0 Å². The molecule has 1 aliphatic carbocycles. The summed E-state index contributed by atoms with van der Waals surface area (Å²) in [4.78, 5) is 71.7. The Bertz CT molecular complexity index is 2430. The number of aromatic nitrogens is 5. The number of aryl methyl sites for hydroxylation is 1. The number of nitrogens with one attached hydrogen (secondary N) is 4. The van der Waals surface area contributed by atoms with Gasteiger partial charge in [0.1, 0.15) is 23.7 Å². The Morgan fingerprint density at radius 1 is 0.746 bits per heavy atom. The Kier molecular flexibility index (Phi) is 10.7. The summed E-state index contributed by atoms with van der Waals surface area (Å²) in [6.45, 7) is 8.82. The molecule has 0 saturated carbocycles. The maximum absolute atomic E-state index is 13.7. The molecule has 8 rings (SSSR count). The molecule has 59 heavy (non-hydrogen) atoms. The Balaban J connectivity index is 1.01. The lowest BCUT2D eigenvalue weighted by atomic mass is 10.0. The van der Waals surface area contributed by atoms with Crippen LogP contribution in [0.1, 0.15) is 88.2 Å². The van der Waals surface area contributed by atoms with Gasteiger partial charge in [0.25, 0.3) is 0 Å². The van der Waals surface area contributed by atoms with Crippen LogP contribution in [0.15, 0.2) is 48.8 Å². The number of benzene rings is 2. The standard InChI is InChI=1S/C44H53N9O6/c1-23(2)36(49-43(56)58-6)41(54)52-16-8-10-34(52)39-45-21-31(47-39)25-12-14-28-27(18-25)20-30-29-19-26(13-15-33(29)51(5)38(28)30)32-22-46-40(48-32)35-11-9-17-53(35)42(55)37(24(3)4)50-44(57)59-7/h12-15,18-19,21-24,34-37H,8-11,16-17,20H2,1-7H3,(H,45,47)(H,46,48)(H,49,56)(H,50,57)/t34-,35-,36-,37-/m0/s1. The second-order valence-electron chi connectivity index (χ2n) is 16.6. The fourth-order valence-electron chi connectivity index (χ4n) is 9.23. The van der Waals surface area contributed by atoms with Gasteiger partial charge in [-0.05, 0) is 72.4 Å². The van der Waals surface area contributed by atoms with E-state index in [4.69, 9.17) is 19.4 Å². The molecule has 15 heteroatoms. The molecule has 15 nitrogen and oxygen atoms in total. The molecule has 0 radical (unpaired) electrons. The second kappa shape index (κ2) is 15.9. The first kappa shape index (κ1) is 39.7. The van der Waals surface area contributed by atoms with Crippen molar-refractivity contribution in [3.05, 3.63) is 71.6 Å². The lowest BCUT2D eigenvalue weighted by molar-refractivity contribution is -0.136. The van der Waals surface area contributed by atoms with Crippen LogP contribution in [0.4, 0.5) is 9.59 Å². The highest BCUT2D eigenvalue weighted by Crippen LogP contribution is 2.45. The topological polar surface area (TPSA) is 180 Å². The predicted octanol–water partition coefficient (Wildman–Crippen LogP) is 6.62. The van der Waals surface area contributed by atoms with Crippen LogP contribution in [0.2, 0.25) is 0 Å². The van der Waals surface area contributed by atoms with Gasteiger partial charge in [-0.1, -0.05) is 45.9 Å². The lowest BCUT2D eigenvalue weighted by Crippen LogP contribution is -2.51. The van der Waals surface area contributed by atoms with Gasteiger partial charge in [0, 0.05) is 48.6 Å². The van der Waals surface area contributed by atoms with E-state index in [0.29, 0.717) is 13.1 Å². The first-order valence-corrected chi connectivity index (χ1v) is 20.5. The van der Waals surface area contributed by atoms with Gasteiger partial charge in [0.2, 0.25) is 11.8 Å². The minimum absolute atomic E-state index is 0.109. The van der Waals surface area contributed by atoms with Gasteiger partial charge in [-0.25, -0.2) is 19.6 Å². The van der Waals surface area contributed by atoms with Crippen molar-refractivity contribution in [2.24, 2.45) is 18.9 Å². The molecule has 2 saturated heterocycles. The van der Waals surface area contributed by atoms with Crippen LogP contribution in [0.25, 0.3) is 44.7 Å². The number of carbonyl (C=O) groups excluding carboxylic acids is 4. The zero-order chi connectivity index (χ0) is 41.7. The van der Waals surface area contributed by atoms with Crippen molar-refractivity contribution in [3.63, 3.8) is 0 Å². The Labute approximate surface area is 343 Å². The van der Waals surface area contributed by atoms with E-state index >= 15 is 0 Å². The van der Waals surface area contributed by atoms with Gasteiger partial charge in [-0.3, -0.25) is 9.59 Å². The number of rotatable bonds is 10. The summed E-state index contributed by atoms with van der Waals surface area (Å²) < 4.78 is 11.8. The van der Waals surface area contributed by atoms with Crippen LogP contribution in [0.3, 0.4) is 0 Å². The third-order valence-corrected chi connectivity index (χ3v) is 12.3. The smallest absolute Gasteiger partial charge is 0.407 e. The third kappa shape index (κ3) is 7.20. The molecule has 0 bridgehead atoms. The van der Waals surface area contributed by atoms with Crippen molar-refractivity contribution in [3.8, 4) is 33.8 Å².